The molecule has 1 saturated carbocycles. The highest BCUT2D eigenvalue weighted by atomic mass is 35.5. The fourth-order valence-electron chi connectivity index (χ4n) is 1.89. The van der Waals surface area contributed by atoms with Gasteiger partial charge in [0.1, 0.15) is 0 Å². The second kappa shape index (κ2) is 4.83. The van der Waals surface area contributed by atoms with E-state index in [0.717, 1.165) is 0 Å². The summed E-state index contributed by atoms with van der Waals surface area (Å²) >= 11 is 7.62. The van der Waals surface area contributed by atoms with E-state index in [0.29, 0.717) is 21.8 Å². The Morgan fingerprint density at radius 3 is 2.79 bits per heavy atom. The molecule has 0 radical (unpaired) electrons. The van der Waals surface area contributed by atoms with E-state index in [4.69, 9.17) is 17.3 Å². The summed E-state index contributed by atoms with van der Waals surface area (Å²) < 4.78 is 0. The second-order valence-electron chi connectivity index (χ2n) is 4.44. The van der Waals surface area contributed by atoms with Crippen LogP contribution in [0.5, 0.6) is 0 Å². The van der Waals surface area contributed by atoms with Crippen molar-refractivity contribution >= 4 is 39.8 Å². The van der Waals surface area contributed by atoms with Gasteiger partial charge in [-0.15, -0.1) is 11.3 Å². The summed E-state index contributed by atoms with van der Waals surface area (Å²) in [5.74, 6) is 0.604. The van der Waals surface area contributed by atoms with Crippen LogP contribution in [0.4, 0.5) is 15.6 Å². The number of rotatable bonds is 3. The minimum Gasteiger partial charge on any atom is -0.351 e. The van der Waals surface area contributed by atoms with Crippen molar-refractivity contribution in [3.63, 3.8) is 0 Å². The number of nitrogens with two attached hydrogens (primary N) is 1. The molecule has 0 saturated heterocycles. The summed E-state index contributed by atoms with van der Waals surface area (Å²) in [7, 11) is 0. The summed E-state index contributed by atoms with van der Waals surface area (Å²) in [5.41, 5.74) is 6.03. The molecule has 1 aromatic heterocycles. The number of anilines is 2. The van der Waals surface area contributed by atoms with Gasteiger partial charge in [-0.25, -0.2) is 14.7 Å². The third kappa shape index (κ3) is 2.43. The van der Waals surface area contributed by atoms with Crippen molar-refractivity contribution < 1.29 is 4.79 Å². The molecule has 4 nitrogen and oxygen atoms in total. The minimum absolute atomic E-state index is 0.476. The van der Waals surface area contributed by atoms with Crippen LogP contribution in [-0.2, 0) is 0 Å². The van der Waals surface area contributed by atoms with Crippen LogP contribution >= 0.6 is 22.9 Å². The van der Waals surface area contributed by atoms with Crippen LogP contribution in [0.1, 0.15) is 23.6 Å². The van der Waals surface area contributed by atoms with E-state index >= 15 is 0 Å². The van der Waals surface area contributed by atoms with Crippen LogP contribution in [0, 0.1) is 0 Å². The van der Waals surface area contributed by atoms with Crippen LogP contribution in [0.2, 0.25) is 5.02 Å². The molecular weight excluding hydrogens is 282 g/mol. The molecular formula is C13H12ClN3OS. The molecule has 0 bridgehead atoms. The number of urea groups is 1. The van der Waals surface area contributed by atoms with Gasteiger partial charge in [-0.2, -0.15) is 0 Å². The monoisotopic (exact) mass is 293 g/mol. The van der Waals surface area contributed by atoms with E-state index in [1.807, 2.05) is 18.3 Å². The fraction of sp³-hybridized carbons (Fsp3) is 0.231. The summed E-state index contributed by atoms with van der Waals surface area (Å²) in [6, 6.07) is 6.52. The first-order valence-corrected chi connectivity index (χ1v) is 7.16. The molecule has 2 amide bonds. The van der Waals surface area contributed by atoms with E-state index in [1.165, 1.54) is 34.0 Å². The highest BCUT2D eigenvalue weighted by molar-refractivity contribution is 7.16. The second-order valence-corrected chi connectivity index (χ2v) is 5.89. The van der Waals surface area contributed by atoms with Gasteiger partial charge < -0.3 is 5.73 Å². The number of halogens is 1. The number of hydrogen-bond acceptors (Lipinski definition) is 3. The SMILES string of the molecule is NC(=O)N(c1ncc(C2CC2)s1)c1ccccc1Cl. The molecule has 1 fully saturated rings. The van der Waals surface area contributed by atoms with Crippen LogP contribution in [-0.4, -0.2) is 11.0 Å². The Balaban J connectivity index is 2.00. The molecule has 0 aliphatic heterocycles. The fourth-order valence-corrected chi connectivity index (χ4v) is 3.21. The molecule has 3 rings (SSSR count). The number of carbonyl (C=O) groups excluding carboxylic acids is 1. The van der Waals surface area contributed by atoms with Crippen LogP contribution < -0.4 is 10.6 Å². The van der Waals surface area contributed by atoms with E-state index < -0.39 is 6.03 Å². The normalized spacial score (nSPS) is 14.4. The molecule has 2 aromatic rings. The lowest BCUT2D eigenvalue weighted by molar-refractivity contribution is 0.256. The molecule has 0 unspecified atom stereocenters. The number of para-hydroxylation sites is 1. The third-order valence-corrected chi connectivity index (χ3v) is 4.46. The number of amides is 2. The van der Waals surface area contributed by atoms with Crippen molar-refractivity contribution in [3.05, 3.63) is 40.4 Å². The average molecular weight is 294 g/mol. The quantitative estimate of drug-likeness (QED) is 0.933. The van der Waals surface area contributed by atoms with Gasteiger partial charge >= 0.3 is 6.03 Å². The van der Waals surface area contributed by atoms with Crippen molar-refractivity contribution in [1.29, 1.82) is 0 Å². The van der Waals surface area contributed by atoms with Gasteiger partial charge in [0.15, 0.2) is 5.13 Å². The molecule has 6 heteroatoms. The lowest BCUT2D eigenvalue weighted by Crippen LogP contribution is -2.31. The topological polar surface area (TPSA) is 59.2 Å². The van der Waals surface area contributed by atoms with Gasteiger partial charge in [0.2, 0.25) is 0 Å². The predicted octanol–water partition coefficient (Wildman–Crippen LogP) is 3.89. The third-order valence-electron chi connectivity index (χ3n) is 3.00. The highest BCUT2D eigenvalue weighted by Gasteiger charge is 2.28. The lowest BCUT2D eigenvalue weighted by Gasteiger charge is -2.18. The van der Waals surface area contributed by atoms with E-state index in [1.54, 1.807) is 12.1 Å². The van der Waals surface area contributed by atoms with Gasteiger partial charge in [0.05, 0.1) is 10.7 Å². The minimum atomic E-state index is -0.579. The molecule has 2 N–H and O–H groups in total. The lowest BCUT2D eigenvalue weighted by atomic mass is 10.3. The van der Waals surface area contributed by atoms with Gasteiger partial charge in [0, 0.05) is 11.1 Å². The number of thiazole rings is 1. The first-order valence-electron chi connectivity index (χ1n) is 5.96. The molecule has 19 heavy (non-hydrogen) atoms. The zero-order valence-corrected chi connectivity index (χ0v) is 11.6. The highest BCUT2D eigenvalue weighted by Crippen LogP contribution is 2.45. The largest absolute Gasteiger partial charge is 0.351 e. The van der Waals surface area contributed by atoms with Crippen LogP contribution in [0.25, 0.3) is 0 Å². The van der Waals surface area contributed by atoms with Crippen molar-refractivity contribution in [3.8, 4) is 0 Å². The van der Waals surface area contributed by atoms with E-state index in [9.17, 15) is 4.79 Å². The Bertz CT molecular complexity index is 624. The zero-order valence-electron chi connectivity index (χ0n) is 10.0. The molecule has 1 aromatic carbocycles. The van der Waals surface area contributed by atoms with Gasteiger partial charge in [-0.1, -0.05) is 23.7 Å². The van der Waals surface area contributed by atoms with Crippen LogP contribution in [0.15, 0.2) is 30.5 Å². The number of benzene rings is 1. The zero-order chi connectivity index (χ0) is 13.4. The predicted molar refractivity (Wildman–Crippen MR) is 77.3 cm³/mol. The van der Waals surface area contributed by atoms with Crippen molar-refractivity contribution in [1.82, 2.24) is 4.98 Å². The van der Waals surface area contributed by atoms with Crippen molar-refractivity contribution in [2.75, 3.05) is 4.90 Å². The number of nitrogens with zero attached hydrogens (tertiary/aromatic N) is 2. The van der Waals surface area contributed by atoms with E-state index in [-0.39, 0.29) is 0 Å². The molecule has 1 aliphatic rings. The Kier molecular flexibility index (Phi) is 3.16. The Labute approximate surface area is 119 Å². The maximum Gasteiger partial charge on any atom is 0.325 e. The first kappa shape index (κ1) is 12.4. The average Bonchev–Trinajstić information content (AvgIpc) is 3.12. The van der Waals surface area contributed by atoms with Gasteiger partial charge in [0.25, 0.3) is 0 Å². The number of carbonyl (C=O) groups is 1. The molecule has 1 heterocycles. The van der Waals surface area contributed by atoms with Gasteiger partial charge in [-0.3, -0.25) is 0 Å². The summed E-state index contributed by atoms with van der Waals surface area (Å²) in [6.07, 6.45) is 4.22. The maximum atomic E-state index is 11.7. The standard InChI is InChI=1S/C13H12ClN3OS/c14-9-3-1-2-4-10(9)17(12(15)18)13-16-7-11(19-13)8-5-6-8/h1-4,7-8H,5-6H2,(H2,15,18). The molecule has 0 spiro atoms. The van der Waals surface area contributed by atoms with Gasteiger partial charge in [-0.05, 0) is 30.9 Å². The maximum absolute atomic E-state index is 11.7. The summed E-state index contributed by atoms with van der Waals surface area (Å²) in [6.45, 7) is 0. The Hall–Kier alpha value is -1.59. The first-order chi connectivity index (χ1) is 9.16. The number of aromatic nitrogens is 1. The number of hydrogen-bond donors (Lipinski definition) is 1. The van der Waals surface area contributed by atoms with Crippen LogP contribution in [0.3, 0.4) is 0 Å². The smallest absolute Gasteiger partial charge is 0.325 e. The van der Waals surface area contributed by atoms with E-state index in [2.05, 4.69) is 4.98 Å². The molecule has 1 aliphatic carbocycles. The molecule has 0 atom stereocenters. The summed E-state index contributed by atoms with van der Waals surface area (Å²) in [4.78, 5) is 18.6. The Morgan fingerprint density at radius 2 is 2.16 bits per heavy atom. The van der Waals surface area contributed by atoms with Crippen molar-refractivity contribution in [2.24, 2.45) is 5.73 Å². The molecule has 98 valence electrons. The van der Waals surface area contributed by atoms with Crippen molar-refractivity contribution in [2.45, 2.75) is 18.8 Å². The number of primary amides is 1. The summed E-state index contributed by atoms with van der Waals surface area (Å²) in [5, 5.41) is 1.05. The Morgan fingerprint density at radius 1 is 1.42 bits per heavy atom.